The zero-order valence-electron chi connectivity index (χ0n) is 13.6. The SMILES string of the molecule is Cc1ccc(OCc2nc(CN3CCN[C@H](C)C3)cs2)cc1.Cl. The molecule has 0 spiro atoms. The van der Waals surface area contributed by atoms with Crippen LogP contribution < -0.4 is 10.1 Å². The van der Waals surface area contributed by atoms with Crippen LogP contribution in [0.1, 0.15) is 23.2 Å². The van der Waals surface area contributed by atoms with Gasteiger partial charge in [0.15, 0.2) is 0 Å². The molecule has 1 atom stereocenters. The molecule has 1 aromatic heterocycles. The van der Waals surface area contributed by atoms with Crippen molar-refractivity contribution in [3.8, 4) is 5.75 Å². The largest absolute Gasteiger partial charge is 0.486 e. The van der Waals surface area contributed by atoms with Gasteiger partial charge < -0.3 is 10.1 Å². The van der Waals surface area contributed by atoms with Crippen molar-refractivity contribution >= 4 is 23.7 Å². The van der Waals surface area contributed by atoms with Gasteiger partial charge in [-0.1, -0.05) is 17.7 Å². The van der Waals surface area contributed by atoms with E-state index in [1.165, 1.54) is 5.56 Å². The third-order valence-corrected chi connectivity index (χ3v) is 4.69. The predicted octanol–water partition coefficient (Wildman–Crippen LogP) is 3.25. The maximum Gasteiger partial charge on any atom is 0.140 e. The van der Waals surface area contributed by atoms with Crippen molar-refractivity contribution in [3.63, 3.8) is 0 Å². The summed E-state index contributed by atoms with van der Waals surface area (Å²) in [6.07, 6.45) is 0. The van der Waals surface area contributed by atoms with Crippen LogP contribution in [-0.4, -0.2) is 35.6 Å². The Hall–Kier alpha value is -1.14. The summed E-state index contributed by atoms with van der Waals surface area (Å²) in [5, 5.41) is 6.66. The van der Waals surface area contributed by atoms with Crippen molar-refractivity contribution in [2.45, 2.75) is 33.0 Å². The van der Waals surface area contributed by atoms with E-state index in [9.17, 15) is 0 Å². The number of hydrogen-bond donors (Lipinski definition) is 1. The highest BCUT2D eigenvalue weighted by Gasteiger charge is 2.16. The van der Waals surface area contributed by atoms with Crippen molar-refractivity contribution in [2.75, 3.05) is 19.6 Å². The topological polar surface area (TPSA) is 37.4 Å². The number of aromatic nitrogens is 1. The molecule has 1 saturated heterocycles. The number of hydrogen-bond acceptors (Lipinski definition) is 5. The molecular weight excluding hydrogens is 330 g/mol. The minimum Gasteiger partial charge on any atom is -0.486 e. The van der Waals surface area contributed by atoms with E-state index < -0.39 is 0 Å². The maximum atomic E-state index is 5.79. The summed E-state index contributed by atoms with van der Waals surface area (Å²) in [7, 11) is 0. The average Bonchev–Trinajstić information content (AvgIpc) is 2.94. The van der Waals surface area contributed by atoms with Gasteiger partial charge in [-0.2, -0.15) is 0 Å². The molecule has 6 heteroatoms. The van der Waals surface area contributed by atoms with E-state index in [1.807, 2.05) is 12.1 Å². The van der Waals surface area contributed by atoms with Crippen molar-refractivity contribution in [3.05, 3.63) is 45.9 Å². The first kappa shape index (κ1) is 18.2. The molecule has 23 heavy (non-hydrogen) atoms. The Morgan fingerprint density at radius 3 is 2.87 bits per heavy atom. The molecule has 0 unspecified atom stereocenters. The van der Waals surface area contributed by atoms with Crippen molar-refractivity contribution in [1.29, 1.82) is 0 Å². The molecule has 0 bridgehead atoms. The average molecular weight is 354 g/mol. The van der Waals surface area contributed by atoms with Crippen LogP contribution >= 0.6 is 23.7 Å². The van der Waals surface area contributed by atoms with Gasteiger partial charge in [-0.3, -0.25) is 4.90 Å². The molecule has 0 radical (unpaired) electrons. The molecule has 3 rings (SSSR count). The molecule has 126 valence electrons. The van der Waals surface area contributed by atoms with E-state index in [-0.39, 0.29) is 12.4 Å². The first-order chi connectivity index (χ1) is 10.7. The summed E-state index contributed by atoms with van der Waals surface area (Å²) in [4.78, 5) is 7.15. The molecule has 1 aromatic carbocycles. The monoisotopic (exact) mass is 353 g/mol. The molecule has 1 fully saturated rings. The van der Waals surface area contributed by atoms with Crippen LogP contribution in [0.4, 0.5) is 0 Å². The summed E-state index contributed by atoms with van der Waals surface area (Å²) in [5.41, 5.74) is 2.40. The number of piperazine rings is 1. The summed E-state index contributed by atoms with van der Waals surface area (Å²) < 4.78 is 5.79. The molecular formula is C17H24ClN3OS. The fourth-order valence-corrected chi connectivity index (χ4v) is 3.35. The van der Waals surface area contributed by atoms with Gasteiger partial charge >= 0.3 is 0 Å². The number of nitrogens with zero attached hydrogens (tertiary/aromatic N) is 2. The van der Waals surface area contributed by atoms with E-state index in [1.54, 1.807) is 11.3 Å². The number of aryl methyl sites for hydroxylation is 1. The van der Waals surface area contributed by atoms with Crippen LogP contribution in [0.5, 0.6) is 5.75 Å². The second-order valence-corrected chi connectivity index (χ2v) is 6.87. The van der Waals surface area contributed by atoms with Gasteiger partial charge in [-0.05, 0) is 26.0 Å². The molecule has 0 saturated carbocycles. The minimum absolute atomic E-state index is 0. The van der Waals surface area contributed by atoms with E-state index in [0.717, 1.165) is 42.6 Å². The fraction of sp³-hybridized carbons (Fsp3) is 0.471. The van der Waals surface area contributed by atoms with E-state index >= 15 is 0 Å². The Morgan fingerprint density at radius 2 is 2.13 bits per heavy atom. The Labute approximate surface area is 148 Å². The predicted molar refractivity (Wildman–Crippen MR) is 97.6 cm³/mol. The number of benzene rings is 1. The first-order valence-corrected chi connectivity index (χ1v) is 8.65. The summed E-state index contributed by atoms with van der Waals surface area (Å²) >= 11 is 1.68. The molecule has 2 aromatic rings. The van der Waals surface area contributed by atoms with Crippen molar-refractivity contribution < 1.29 is 4.74 Å². The quantitative estimate of drug-likeness (QED) is 0.895. The van der Waals surface area contributed by atoms with Gasteiger partial charge in [0, 0.05) is 37.6 Å². The molecule has 4 nitrogen and oxygen atoms in total. The molecule has 0 amide bonds. The molecule has 1 aliphatic rings. The van der Waals surface area contributed by atoms with E-state index in [0.29, 0.717) is 12.6 Å². The summed E-state index contributed by atoms with van der Waals surface area (Å²) in [6.45, 7) is 9.04. The number of thiazole rings is 1. The van der Waals surface area contributed by atoms with Crippen LogP contribution in [0.2, 0.25) is 0 Å². The Balaban J connectivity index is 0.00000192. The molecule has 1 N–H and O–H groups in total. The Morgan fingerprint density at radius 1 is 1.35 bits per heavy atom. The lowest BCUT2D eigenvalue weighted by atomic mass is 10.2. The Kier molecular flexibility index (Phi) is 6.84. The van der Waals surface area contributed by atoms with Crippen LogP contribution in [0, 0.1) is 6.92 Å². The third-order valence-electron chi connectivity index (χ3n) is 3.82. The van der Waals surface area contributed by atoms with Gasteiger partial charge in [0.2, 0.25) is 0 Å². The lowest BCUT2D eigenvalue weighted by molar-refractivity contribution is 0.197. The molecule has 0 aliphatic carbocycles. The zero-order chi connectivity index (χ0) is 15.4. The highest BCUT2D eigenvalue weighted by molar-refractivity contribution is 7.09. The lowest BCUT2D eigenvalue weighted by Crippen LogP contribution is -2.48. The first-order valence-electron chi connectivity index (χ1n) is 7.77. The van der Waals surface area contributed by atoms with Crippen LogP contribution in [0.25, 0.3) is 0 Å². The fourth-order valence-electron chi connectivity index (χ4n) is 2.65. The van der Waals surface area contributed by atoms with Crippen LogP contribution in [-0.2, 0) is 13.2 Å². The van der Waals surface area contributed by atoms with Gasteiger partial charge in [0.25, 0.3) is 0 Å². The van der Waals surface area contributed by atoms with Crippen molar-refractivity contribution in [2.24, 2.45) is 0 Å². The number of halogens is 1. The number of rotatable bonds is 5. The van der Waals surface area contributed by atoms with Gasteiger partial charge in [-0.15, -0.1) is 23.7 Å². The van der Waals surface area contributed by atoms with Crippen molar-refractivity contribution in [1.82, 2.24) is 15.2 Å². The second-order valence-electron chi connectivity index (χ2n) is 5.92. The molecule has 1 aliphatic heterocycles. The lowest BCUT2D eigenvalue weighted by Gasteiger charge is -2.31. The van der Waals surface area contributed by atoms with E-state index in [2.05, 4.69) is 41.6 Å². The highest BCUT2D eigenvalue weighted by atomic mass is 35.5. The maximum absolute atomic E-state index is 5.79. The van der Waals surface area contributed by atoms with E-state index in [4.69, 9.17) is 9.72 Å². The standard InChI is InChI=1S/C17H23N3OS.ClH/c1-13-3-5-16(6-4-13)21-11-17-19-15(12-22-17)10-20-8-7-18-14(2)9-20;/h3-6,12,14,18H,7-11H2,1-2H3;1H/t14-;/m1./s1. The third kappa shape index (κ3) is 5.46. The van der Waals surface area contributed by atoms with Crippen LogP contribution in [0.15, 0.2) is 29.6 Å². The highest BCUT2D eigenvalue weighted by Crippen LogP contribution is 2.17. The van der Waals surface area contributed by atoms with Gasteiger partial charge in [-0.25, -0.2) is 4.98 Å². The summed E-state index contributed by atoms with van der Waals surface area (Å²) in [6, 6.07) is 8.71. The summed E-state index contributed by atoms with van der Waals surface area (Å²) in [5.74, 6) is 0.901. The zero-order valence-corrected chi connectivity index (χ0v) is 15.3. The number of nitrogens with one attached hydrogen (secondary N) is 1. The Bertz CT molecular complexity index is 602. The molecule has 2 heterocycles. The normalized spacial score (nSPS) is 18.4. The second kappa shape index (κ2) is 8.64. The van der Waals surface area contributed by atoms with Gasteiger partial charge in [0.1, 0.15) is 17.4 Å². The van der Waals surface area contributed by atoms with Gasteiger partial charge in [0.05, 0.1) is 5.69 Å². The smallest absolute Gasteiger partial charge is 0.140 e. The number of ether oxygens (including phenoxy) is 1. The van der Waals surface area contributed by atoms with Crippen LogP contribution in [0.3, 0.4) is 0 Å². The minimum atomic E-state index is 0.